The van der Waals surface area contributed by atoms with Crippen LogP contribution in [-0.2, 0) is 14.3 Å². The number of nitrogens with zero attached hydrogens (tertiary/aromatic N) is 3. The number of benzene rings is 2. The van der Waals surface area contributed by atoms with Crippen LogP contribution in [0.3, 0.4) is 0 Å². The number of ether oxygens (including phenoxy) is 2. The number of amides is 1. The van der Waals surface area contributed by atoms with E-state index in [-0.39, 0.29) is 18.1 Å². The van der Waals surface area contributed by atoms with Crippen molar-refractivity contribution in [2.24, 2.45) is 4.99 Å². The summed E-state index contributed by atoms with van der Waals surface area (Å²) in [5, 5.41) is 0. The number of para-hydroxylation sites is 1. The smallest absolute Gasteiger partial charge is 0.338 e. The lowest BCUT2D eigenvalue weighted by Gasteiger charge is -2.24. The number of aromatic nitrogens is 1. The van der Waals surface area contributed by atoms with Crippen LogP contribution < -0.4 is 24.5 Å². The van der Waals surface area contributed by atoms with E-state index in [1.54, 1.807) is 38.0 Å². The highest BCUT2D eigenvalue weighted by Gasteiger charge is 2.36. The lowest BCUT2D eigenvalue weighted by molar-refractivity contribution is -0.139. The van der Waals surface area contributed by atoms with E-state index in [2.05, 4.69) is 4.99 Å². The van der Waals surface area contributed by atoms with Gasteiger partial charge in [-0.15, -0.1) is 0 Å². The van der Waals surface area contributed by atoms with E-state index in [4.69, 9.17) is 9.47 Å². The highest BCUT2D eigenvalue weighted by atomic mass is 32.1. The van der Waals surface area contributed by atoms with E-state index in [1.165, 1.54) is 4.57 Å². The molecule has 0 bridgehead atoms. The molecule has 0 N–H and O–H groups in total. The molecule has 8 nitrogen and oxygen atoms in total. The van der Waals surface area contributed by atoms with Crippen molar-refractivity contribution in [3.63, 3.8) is 0 Å². The van der Waals surface area contributed by atoms with Crippen LogP contribution in [-0.4, -0.2) is 36.7 Å². The molecule has 1 aromatic heterocycles. The van der Waals surface area contributed by atoms with Gasteiger partial charge in [0, 0.05) is 12.1 Å². The minimum atomic E-state index is -0.755. The first-order valence-electron chi connectivity index (χ1n) is 11.7. The van der Waals surface area contributed by atoms with E-state index >= 15 is 0 Å². The second kappa shape index (κ2) is 9.23. The number of fused-ring (bicyclic) bond motifs is 2. The summed E-state index contributed by atoms with van der Waals surface area (Å²) in [7, 11) is 1.57. The van der Waals surface area contributed by atoms with Crippen molar-refractivity contribution in [1.82, 2.24) is 4.57 Å². The van der Waals surface area contributed by atoms with Crippen molar-refractivity contribution in [3.05, 3.63) is 90.6 Å². The highest BCUT2D eigenvalue weighted by Crippen LogP contribution is 2.35. The molecule has 0 spiro atoms. The maximum atomic E-state index is 14.0. The quantitative estimate of drug-likeness (QED) is 0.499. The fraction of sp³-hybridized carbons (Fsp3) is 0.259. The Morgan fingerprint density at radius 2 is 1.81 bits per heavy atom. The number of carbonyl (C=O) groups is 2. The molecule has 0 saturated carbocycles. The van der Waals surface area contributed by atoms with Gasteiger partial charge < -0.3 is 14.4 Å². The predicted octanol–water partition coefficient (Wildman–Crippen LogP) is 2.54. The lowest BCUT2D eigenvalue weighted by Crippen LogP contribution is -2.41. The summed E-state index contributed by atoms with van der Waals surface area (Å²) in [6.07, 6.45) is 0. The number of carbonyl (C=O) groups excluding carboxylic acids is 2. The Labute approximate surface area is 211 Å². The molecule has 0 radical (unpaired) electrons. The van der Waals surface area contributed by atoms with Gasteiger partial charge in [-0.05, 0) is 44.5 Å². The van der Waals surface area contributed by atoms with Crippen LogP contribution in [0.2, 0.25) is 0 Å². The van der Waals surface area contributed by atoms with E-state index < -0.39 is 12.0 Å². The molecule has 5 rings (SSSR count). The van der Waals surface area contributed by atoms with Gasteiger partial charge in [0.05, 0.1) is 42.3 Å². The third-order valence-electron chi connectivity index (χ3n) is 6.39. The fourth-order valence-corrected chi connectivity index (χ4v) is 5.89. The van der Waals surface area contributed by atoms with Gasteiger partial charge in [0.2, 0.25) is 0 Å². The van der Waals surface area contributed by atoms with E-state index in [0.717, 1.165) is 22.6 Å². The Hall–Kier alpha value is -3.98. The van der Waals surface area contributed by atoms with Gasteiger partial charge in [0.15, 0.2) is 4.80 Å². The molecule has 1 amide bonds. The minimum Gasteiger partial charge on any atom is -0.497 e. The third kappa shape index (κ3) is 3.58. The van der Waals surface area contributed by atoms with Crippen LogP contribution in [0.1, 0.15) is 37.9 Å². The summed E-state index contributed by atoms with van der Waals surface area (Å²) in [6.45, 7) is 6.04. The van der Waals surface area contributed by atoms with Gasteiger partial charge >= 0.3 is 5.97 Å². The largest absolute Gasteiger partial charge is 0.497 e. The minimum absolute atomic E-state index is 0.192. The lowest BCUT2D eigenvalue weighted by atomic mass is 9.96. The molecular weight excluding hydrogens is 478 g/mol. The molecular formula is C27H25N3O5S. The molecule has 2 aliphatic rings. The molecule has 0 unspecified atom stereocenters. The van der Waals surface area contributed by atoms with E-state index in [0.29, 0.717) is 44.0 Å². The number of methoxy groups -OCH3 is 1. The van der Waals surface area contributed by atoms with Crippen LogP contribution in [0.25, 0.3) is 5.57 Å². The van der Waals surface area contributed by atoms with Gasteiger partial charge in [-0.2, -0.15) is 0 Å². The summed E-state index contributed by atoms with van der Waals surface area (Å²) < 4.78 is 12.4. The normalized spacial score (nSPS) is 18.1. The number of allylic oxidation sites excluding steroid dienone is 1. The van der Waals surface area contributed by atoms with Crippen molar-refractivity contribution in [1.29, 1.82) is 0 Å². The number of hydrogen-bond donors (Lipinski definition) is 0. The van der Waals surface area contributed by atoms with Crippen molar-refractivity contribution >= 4 is 34.5 Å². The first kappa shape index (κ1) is 23.7. The number of anilines is 1. The summed E-state index contributed by atoms with van der Waals surface area (Å²) in [4.78, 5) is 47.2. The maximum Gasteiger partial charge on any atom is 0.338 e. The molecule has 2 aromatic carbocycles. The molecule has 0 fully saturated rings. The topological polar surface area (TPSA) is 90.2 Å². The molecule has 36 heavy (non-hydrogen) atoms. The number of likely N-dealkylation sites (N-methyl/N-ethyl adjacent to an activating group) is 1. The summed E-state index contributed by atoms with van der Waals surface area (Å²) >= 11 is 1.16. The summed E-state index contributed by atoms with van der Waals surface area (Å²) in [5.74, 6) is -0.0946. The Bertz CT molecular complexity index is 1600. The van der Waals surface area contributed by atoms with E-state index in [9.17, 15) is 14.4 Å². The van der Waals surface area contributed by atoms with Crippen molar-refractivity contribution < 1.29 is 19.1 Å². The zero-order chi connectivity index (χ0) is 25.6. The molecule has 9 heteroatoms. The van der Waals surface area contributed by atoms with Crippen molar-refractivity contribution in [2.75, 3.05) is 25.2 Å². The average molecular weight is 504 g/mol. The standard InChI is InChI=1S/C27H25N3O5S/c1-5-29-19-10-8-7-9-18(19)21(24(29)31)23-25(32)30-22(16-11-13-17(34-4)14-12-16)20(26(33)35-6-2)15(3)28-27(30)36-23/h7-14,22H,5-6H2,1-4H3/t22-/m1/s1. The predicted molar refractivity (Wildman–Crippen MR) is 137 cm³/mol. The van der Waals surface area contributed by atoms with Crippen LogP contribution >= 0.6 is 11.3 Å². The molecule has 3 heterocycles. The Balaban J connectivity index is 1.81. The van der Waals surface area contributed by atoms with Gasteiger partial charge in [0.25, 0.3) is 11.5 Å². The second-order valence-corrected chi connectivity index (χ2v) is 9.32. The molecule has 1 atom stereocenters. The average Bonchev–Trinajstić information content (AvgIpc) is 3.35. The molecule has 0 saturated heterocycles. The zero-order valence-corrected chi connectivity index (χ0v) is 21.2. The maximum absolute atomic E-state index is 14.0. The van der Waals surface area contributed by atoms with Crippen LogP contribution in [0.15, 0.2) is 69.6 Å². The third-order valence-corrected chi connectivity index (χ3v) is 7.44. The number of thiazole rings is 1. The number of hydrogen-bond acceptors (Lipinski definition) is 7. The molecule has 3 aromatic rings. The van der Waals surface area contributed by atoms with Gasteiger partial charge in [0.1, 0.15) is 10.3 Å². The van der Waals surface area contributed by atoms with Gasteiger partial charge in [-0.1, -0.05) is 41.7 Å². The molecule has 2 aliphatic heterocycles. The van der Waals surface area contributed by atoms with Crippen LogP contribution in [0.5, 0.6) is 5.75 Å². The zero-order valence-electron chi connectivity index (χ0n) is 20.4. The van der Waals surface area contributed by atoms with Gasteiger partial charge in [-0.3, -0.25) is 14.2 Å². The number of esters is 1. The molecule has 0 aliphatic carbocycles. The van der Waals surface area contributed by atoms with Crippen molar-refractivity contribution in [2.45, 2.75) is 26.8 Å². The van der Waals surface area contributed by atoms with Crippen molar-refractivity contribution in [3.8, 4) is 5.75 Å². The first-order chi connectivity index (χ1) is 17.4. The van der Waals surface area contributed by atoms with Crippen LogP contribution in [0.4, 0.5) is 5.69 Å². The number of rotatable bonds is 5. The Kier molecular flexibility index (Phi) is 6.09. The summed E-state index contributed by atoms with van der Waals surface area (Å²) in [5.41, 5.74) is 2.96. The SMILES string of the molecule is CCOC(=O)C1=C(C)N=c2sc(=C3C(=O)N(CC)c4ccccc43)c(=O)n2[C@@H]1c1ccc(OC)cc1. The Morgan fingerprint density at radius 1 is 1.08 bits per heavy atom. The second-order valence-electron chi connectivity index (χ2n) is 8.34. The first-order valence-corrected chi connectivity index (χ1v) is 12.5. The Morgan fingerprint density at radius 3 is 2.47 bits per heavy atom. The highest BCUT2D eigenvalue weighted by molar-refractivity contribution is 7.07. The fourth-order valence-electron chi connectivity index (χ4n) is 4.76. The monoisotopic (exact) mass is 503 g/mol. The molecule has 184 valence electrons. The van der Waals surface area contributed by atoms with E-state index in [1.807, 2.05) is 43.3 Å². The summed E-state index contributed by atoms with van der Waals surface area (Å²) in [6, 6.07) is 13.9. The van der Waals surface area contributed by atoms with Gasteiger partial charge in [-0.25, -0.2) is 9.79 Å². The van der Waals surface area contributed by atoms with Crippen LogP contribution in [0, 0.1) is 0 Å².